The van der Waals surface area contributed by atoms with Gasteiger partial charge in [-0.15, -0.1) is 0 Å². The van der Waals surface area contributed by atoms with E-state index in [1.54, 1.807) is 24.3 Å². The molecular formula is C30H46B3BrCl2N2O6. The zero-order valence-electron chi connectivity index (χ0n) is 27.9. The summed E-state index contributed by atoms with van der Waals surface area (Å²) < 4.78 is 36.6. The van der Waals surface area contributed by atoms with Crippen molar-refractivity contribution in [3.63, 3.8) is 0 Å². The van der Waals surface area contributed by atoms with Crippen LogP contribution in [0.15, 0.2) is 40.9 Å². The summed E-state index contributed by atoms with van der Waals surface area (Å²) in [7, 11) is -1.34. The molecule has 3 aliphatic heterocycles. The third-order valence-electron chi connectivity index (χ3n) is 9.28. The number of benzene rings is 2. The Morgan fingerprint density at radius 1 is 0.523 bits per heavy atom. The smallest absolute Gasteiger partial charge is 0.405 e. The second-order valence-electron chi connectivity index (χ2n) is 14.3. The Labute approximate surface area is 283 Å². The van der Waals surface area contributed by atoms with Crippen LogP contribution in [0.2, 0.25) is 10.0 Å². The van der Waals surface area contributed by atoms with Crippen LogP contribution in [-0.4, -0.2) is 54.7 Å². The standard InChI is InChI=1S/C12H24B2O4.C12H17BClNO2.C6H5BrClN/c1-9(2)10(3,4)16-13(15-9)14-17-11(5,6)12(7,8)18-14;1-11(2)12(3,4)17-13(16-11)8-5-6-10(15)9(14)7-8;7-4-1-2-6(9)5(8)3-4/h1-8H3;5-7H,15H2,1-4H3;1-3H,9H2. The van der Waals surface area contributed by atoms with Gasteiger partial charge >= 0.3 is 21.1 Å². The van der Waals surface area contributed by atoms with Gasteiger partial charge in [-0.25, -0.2) is 0 Å². The third kappa shape index (κ3) is 8.12. The van der Waals surface area contributed by atoms with Gasteiger partial charge in [-0.3, -0.25) is 0 Å². The van der Waals surface area contributed by atoms with Crippen LogP contribution in [0.3, 0.4) is 0 Å². The highest BCUT2D eigenvalue weighted by Gasteiger charge is 2.63. The lowest BCUT2D eigenvalue weighted by Crippen LogP contribution is -2.41. The molecule has 3 heterocycles. The van der Waals surface area contributed by atoms with Crippen LogP contribution in [-0.2, 0) is 27.9 Å². The Hall–Kier alpha value is -0.945. The molecule has 0 atom stereocenters. The number of hydrogen-bond donors (Lipinski definition) is 2. The van der Waals surface area contributed by atoms with E-state index in [0.29, 0.717) is 21.4 Å². The lowest BCUT2D eigenvalue weighted by molar-refractivity contribution is 0.00578. The third-order valence-corrected chi connectivity index (χ3v) is 10.4. The minimum absolute atomic E-state index is 0.342. The number of rotatable bonds is 2. The molecule has 0 aromatic heterocycles. The van der Waals surface area contributed by atoms with Gasteiger partial charge in [0.1, 0.15) is 0 Å². The molecule has 0 spiro atoms. The second kappa shape index (κ2) is 12.9. The van der Waals surface area contributed by atoms with Gasteiger partial charge in [0.25, 0.3) is 0 Å². The van der Waals surface area contributed by atoms with Crippen molar-refractivity contribution >= 4 is 77.1 Å². The Morgan fingerprint density at radius 3 is 1.16 bits per heavy atom. The molecule has 5 rings (SSSR count). The molecule has 3 saturated heterocycles. The molecule has 242 valence electrons. The Balaban J connectivity index is 0.000000190. The number of nitrogen functional groups attached to an aromatic ring is 2. The van der Waals surface area contributed by atoms with Crippen molar-refractivity contribution in [2.75, 3.05) is 11.5 Å². The highest BCUT2D eigenvalue weighted by molar-refractivity contribution is 9.10. The van der Waals surface area contributed by atoms with Crippen molar-refractivity contribution in [2.24, 2.45) is 0 Å². The summed E-state index contributed by atoms with van der Waals surface area (Å²) in [6, 6.07) is 10.8. The number of hydrogen-bond acceptors (Lipinski definition) is 8. The van der Waals surface area contributed by atoms with Gasteiger partial charge in [0.2, 0.25) is 0 Å². The van der Waals surface area contributed by atoms with Crippen LogP contribution in [0.5, 0.6) is 0 Å². The monoisotopic (exact) mass is 712 g/mol. The minimum Gasteiger partial charge on any atom is -0.405 e. The van der Waals surface area contributed by atoms with E-state index < -0.39 is 21.1 Å². The molecule has 2 aromatic carbocycles. The fraction of sp³-hybridized carbons (Fsp3) is 0.600. The number of anilines is 2. The SMILES string of the molecule is CC1(C)OB(B2OC(C)(C)C(C)(C)O2)OC1(C)C.CC1(C)OB(c2ccc(N)c(Cl)c2)OC1(C)C.Nc1ccc(Br)cc1Cl. The molecule has 8 nitrogen and oxygen atoms in total. The van der Waals surface area contributed by atoms with E-state index in [1.807, 2.05) is 95.2 Å². The first kappa shape index (κ1) is 37.5. The zero-order valence-corrected chi connectivity index (χ0v) is 31.0. The van der Waals surface area contributed by atoms with E-state index in [4.69, 9.17) is 62.6 Å². The van der Waals surface area contributed by atoms with Gasteiger partial charge in [0.15, 0.2) is 0 Å². The Morgan fingerprint density at radius 2 is 0.841 bits per heavy atom. The van der Waals surface area contributed by atoms with Crippen LogP contribution < -0.4 is 16.9 Å². The molecule has 0 saturated carbocycles. The van der Waals surface area contributed by atoms with E-state index in [2.05, 4.69) is 15.9 Å². The molecular weight excluding hydrogens is 668 g/mol. The van der Waals surface area contributed by atoms with E-state index in [-0.39, 0.29) is 33.6 Å². The maximum atomic E-state index is 6.00. The van der Waals surface area contributed by atoms with Crippen LogP contribution >= 0.6 is 39.1 Å². The van der Waals surface area contributed by atoms with E-state index in [1.165, 1.54) is 0 Å². The van der Waals surface area contributed by atoms with E-state index in [9.17, 15) is 0 Å². The Bertz CT molecular complexity index is 1260. The average Bonchev–Trinajstić information content (AvgIpc) is 3.33. The fourth-order valence-electron chi connectivity index (χ4n) is 4.17. The molecule has 4 N–H and O–H groups in total. The van der Waals surface area contributed by atoms with Crippen molar-refractivity contribution in [3.05, 3.63) is 50.9 Å². The maximum Gasteiger partial charge on any atom is 0.494 e. The zero-order chi connectivity index (χ0) is 33.7. The molecule has 2 aromatic rings. The average molecular weight is 714 g/mol. The topological polar surface area (TPSA) is 107 Å². The molecule has 0 aliphatic carbocycles. The molecule has 0 unspecified atom stereocenters. The van der Waals surface area contributed by atoms with Gasteiger partial charge in [-0.05, 0) is 119 Å². The maximum absolute atomic E-state index is 6.00. The van der Waals surface area contributed by atoms with Gasteiger partial charge in [-0.1, -0.05) is 45.2 Å². The summed E-state index contributed by atoms with van der Waals surface area (Å²) in [6.45, 7) is 24.3. The predicted molar refractivity (Wildman–Crippen MR) is 187 cm³/mol. The fourth-order valence-corrected chi connectivity index (χ4v) is 5.03. The summed E-state index contributed by atoms with van der Waals surface area (Å²) >= 11 is 14.9. The Kier molecular flexibility index (Phi) is 11.0. The van der Waals surface area contributed by atoms with Gasteiger partial charge in [-0.2, -0.15) is 0 Å². The van der Waals surface area contributed by atoms with Crippen LogP contribution in [0, 0.1) is 0 Å². The lowest BCUT2D eigenvalue weighted by atomic mass is 9.49. The van der Waals surface area contributed by atoms with Crippen molar-refractivity contribution < 1.29 is 27.9 Å². The molecule has 0 bridgehead atoms. The normalized spacial score (nSPS) is 23.5. The summed E-state index contributed by atoms with van der Waals surface area (Å²) in [5, 5.41) is 1.11. The first-order valence-electron chi connectivity index (χ1n) is 14.6. The summed E-state index contributed by atoms with van der Waals surface area (Å²) in [6.07, 6.45) is 0. The minimum atomic E-state index is -0.476. The largest absolute Gasteiger partial charge is 0.494 e. The van der Waals surface area contributed by atoms with Gasteiger partial charge in [0, 0.05) is 4.47 Å². The predicted octanol–water partition coefficient (Wildman–Crippen LogP) is 7.16. The van der Waals surface area contributed by atoms with Gasteiger partial charge < -0.3 is 39.4 Å². The van der Waals surface area contributed by atoms with Crippen molar-refractivity contribution in [2.45, 2.75) is 117 Å². The van der Waals surface area contributed by atoms with E-state index >= 15 is 0 Å². The molecule has 44 heavy (non-hydrogen) atoms. The highest BCUT2D eigenvalue weighted by Crippen LogP contribution is 2.43. The van der Waals surface area contributed by atoms with Crippen LogP contribution in [0.25, 0.3) is 0 Å². The molecule has 3 aliphatic rings. The number of halogens is 3. The lowest BCUT2D eigenvalue weighted by Gasteiger charge is -2.32. The molecule has 0 radical (unpaired) electrons. The first-order chi connectivity index (χ1) is 19.8. The highest BCUT2D eigenvalue weighted by atomic mass is 79.9. The molecule has 3 fully saturated rings. The molecule has 0 amide bonds. The number of nitrogens with two attached hydrogens (primary N) is 2. The first-order valence-corrected chi connectivity index (χ1v) is 16.2. The second-order valence-corrected chi connectivity index (χ2v) is 16.0. The van der Waals surface area contributed by atoms with Gasteiger partial charge in [0.05, 0.1) is 55.0 Å². The van der Waals surface area contributed by atoms with E-state index in [0.717, 1.165) is 9.94 Å². The molecule has 14 heteroatoms. The quantitative estimate of drug-likeness (QED) is 0.250. The summed E-state index contributed by atoms with van der Waals surface area (Å²) in [4.78, 5) is 0. The van der Waals surface area contributed by atoms with Crippen LogP contribution in [0.4, 0.5) is 11.4 Å². The van der Waals surface area contributed by atoms with Crippen LogP contribution in [0.1, 0.15) is 83.1 Å². The van der Waals surface area contributed by atoms with Crippen molar-refractivity contribution in [1.82, 2.24) is 0 Å². The summed E-state index contributed by atoms with van der Waals surface area (Å²) in [5.41, 5.74) is 11.1. The van der Waals surface area contributed by atoms with Crippen molar-refractivity contribution in [1.29, 1.82) is 0 Å². The van der Waals surface area contributed by atoms with Crippen molar-refractivity contribution in [3.8, 4) is 0 Å². The summed E-state index contributed by atoms with van der Waals surface area (Å²) in [5.74, 6) is 0.